The molecule has 0 fully saturated rings. The average molecular weight is 89.2 g/mol. The Labute approximate surface area is 40.4 Å². The second-order valence-electron chi connectivity index (χ2n) is 1.49. The van der Waals surface area contributed by atoms with Crippen LogP contribution in [-0.2, 0) is 0 Å². The summed E-state index contributed by atoms with van der Waals surface area (Å²) >= 11 is 0. The highest BCUT2D eigenvalue weighted by molar-refractivity contribution is 4.40. The molecule has 1 nitrogen and oxygen atoms in total. The van der Waals surface area contributed by atoms with Crippen molar-refractivity contribution < 1.29 is 6.48 Å². The molecule has 0 bridgehead atoms. The Hall–Kier alpha value is -0.0400. The Kier molecular flexibility index (Phi) is 2.18. The van der Waals surface area contributed by atoms with E-state index in [2.05, 4.69) is 0 Å². The van der Waals surface area contributed by atoms with Gasteiger partial charge in [0, 0.05) is 0 Å². The highest BCUT2D eigenvalue weighted by Crippen LogP contribution is 1.91. The predicted molar refractivity (Wildman–Crippen MR) is 26.6 cm³/mol. The van der Waals surface area contributed by atoms with E-state index in [-0.39, 0.29) is 0 Å². The van der Waals surface area contributed by atoms with E-state index in [0.29, 0.717) is 6.42 Å². The molecular formula is C5H12O. The summed E-state index contributed by atoms with van der Waals surface area (Å²) in [6, 6.07) is 0. The number of hydrogen-bond acceptors (Lipinski definition) is 1. The SMILES string of the molecule is [2H][C@](C)(O)CCC. The van der Waals surface area contributed by atoms with E-state index < -0.39 is 6.08 Å². The van der Waals surface area contributed by atoms with Crippen LogP contribution in [0.25, 0.3) is 0 Å². The molecule has 0 radical (unpaired) electrons. The molecule has 0 aromatic carbocycles. The topological polar surface area (TPSA) is 20.2 Å². The maximum atomic E-state index is 8.68. The highest BCUT2D eigenvalue weighted by Gasteiger charge is 1.87. The van der Waals surface area contributed by atoms with Gasteiger partial charge in [-0.15, -0.1) is 0 Å². The van der Waals surface area contributed by atoms with Crippen molar-refractivity contribution >= 4 is 0 Å². The average Bonchev–Trinajstić information content (AvgIpc) is 1.30. The van der Waals surface area contributed by atoms with Crippen LogP contribution in [0.3, 0.4) is 0 Å². The third kappa shape index (κ3) is 3.96. The Morgan fingerprint density at radius 1 is 2.00 bits per heavy atom. The normalized spacial score (nSPS) is 22.2. The minimum Gasteiger partial charge on any atom is -0.393 e. The summed E-state index contributed by atoms with van der Waals surface area (Å²) in [5, 5.41) is 8.68. The summed E-state index contributed by atoms with van der Waals surface area (Å²) in [7, 11) is 0. The van der Waals surface area contributed by atoms with E-state index >= 15 is 0 Å². The summed E-state index contributed by atoms with van der Waals surface area (Å²) in [6.07, 6.45) is 0.234. The summed E-state index contributed by atoms with van der Waals surface area (Å²) in [6.45, 7) is 3.44. The lowest BCUT2D eigenvalue weighted by atomic mass is 10.2. The third-order valence-corrected chi connectivity index (χ3v) is 0.612. The van der Waals surface area contributed by atoms with Gasteiger partial charge in [-0.05, 0) is 13.3 Å². The minimum atomic E-state index is -1.20. The van der Waals surface area contributed by atoms with Crippen LogP contribution in [0.15, 0.2) is 0 Å². The van der Waals surface area contributed by atoms with Gasteiger partial charge in [-0.2, -0.15) is 0 Å². The molecule has 0 aromatic rings. The van der Waals surface area contributed by atoms with Crippen LogP contribution in [0.4, 0.5) is 0 Å². The monoisotopic (exact) mass is 89.1 g/mol. The van der Waals surface area contributed by atoms with Crippen LogP contribution in [-0.4, -0.2) is 11.2 Å². The van der Waals surface area contributed by atoms with Crippen molar-refractivity contribution in [1.82, 2.24) is 0 Å². The van der Waals surface area contributed by atoms with E-state index in [9.17, 15) is 0 Å². The zero-order valence-electron chi connectivity index (χ0n) is 5.36. The van der Waals surface area contributed by atoms with Gasteiger partial charge in [0.15, 0.2) is 0 Å². The highest BCUT2D eigenvalue weighted by atomic mass is 16.3. The van der Waals surface area contributed by atoms with E-state index in [1.54, 1.807) is 0 Å². The molecule has 0 saturated heterocycles. The molecule has 0 aliphatic heterocycles. The zero-order chi connectivity index (χ0) is 5.91. The van der Waals surface area contributed by atoms with E-state index in [1.165, 1.54) is 6.92 Å². The van der Waals surface area contributed by atoms with Crippen LogP contribution in [0.1, 0.15) is 28.1 Å². The number of hydrogen-bond donors (Lipinski definition) is 1. The Balaban J connectivity index is 3.15. The van der Waals surface area contributed by atoms with Gasteiger partial charge >= 0.3 is 0 Å². The van der Waals surface area contributed by atoms with Crippen LogP contribution < -0.4 is 0 Å². The third-order valence-electron chi connectivity index (χ3n) is 0.612. The largest absolute Gasteiger partial charge is 0.393 e. The Morgan fingerprint density at radius 2 is 2.50 bits per heavy atom. The first-order chi connectivity index (χ1) is 3.06. The fourth-order valence-corrected chi connectivity index (χ4v) is 0.362. The van der Waals surface area contributed by atoms with Gasteiger partial charge in [0.05, 0.1) is 7.45 Å². The number of rotatable bonds is 2. The van der Waals surface area contributed by atoms with Gasteiger partial charge < -0.3 is 5.11 Å². The molecule has 0 unspecified atom stereocenters. The molecule has 0 aliphatic rings. The van der Waals surface area contributed by atoms with Crippen molar-refractivity contribution in [1.29, 1.82) is 0 Å². The lowest BCUT2D eigenvalue weighted by Crippen LogP contribution is -1.95. The molecule has 0 aliphatic carbocycles. The molecule has 1 atom stereocenters. The maximum absolute atomic E-state index is 8.68. The van der Waals surface area contributed by atoms with Gasteiger partial charge in [0.1, 0.15) is 0 Å². The van der Waals surface area contributed by atoms with Gasteiger partial charge in [-0.1, -0.05) is 13.3 Å². The molecule has 0 rings (SSSR count). The summed E-state index contributed by atoms with van der Waals surface area (Å²) < 4.78 is 6.89. The molecule has 0 heterocycles. The van der Waals surface area contributed by atoms with Crippen molar-refractivity contribution in [3.05, 3.63) is 0 Å². The lowest BCUT2D eigenvalue weighted by Gasteiger charge is -1.95. The Morgan fingerprint density at radius 3 is 2.50 bits per heavy atom. The van der Waals surface area contributed by atoms with Crippen molar-refractivity contribution in [2.24, 2.45) is 0 Å². The first-order valence-electron chi connectivity index (χ1n) is 2.78. The van der Waals surface area contributed by atoms with Crippen LogP contribution in [0, 0.1) is 0 Å². The standard InChI is InChI=1S/C5H12O/c1-3-4-5(2)6/h5-6H,3-4H2,1-2H3/t5-/m1/s1/i5D. The smallest absolute Gasteiger partial charge is 0.0597 e. The van der Waals surface area contributed by atoms with Crippen molar-refractivity contribution in [3.8, 4) is 0 Å². The Bertz CT molecular complexity index is 46.5. The molecule has 0 aromatic heterocycles. The second kappa shape index (κ2) is 3.16. The van der Waals surface area contributed by atoms with Gasteiger partial charge in [0.2, 0.25) is 0 Å². The van der Waals surface area contributed by atoms with Gasteiger partial charge in [-0.25, -0.2) is 0 Å². The molecule has 38 valence electrons. The van der Waals surface area contributed by atoms with Crippen molar-refractivity contribution in [2.45, 2.75) is 32.8 Å². The zero-order valence-corrected chi connectivity index (χ0v) is 4.36. The predicted octanol–water partition coefficient (Wildman–Crippen LogP) is 1.17. The van der Waals surface area contributed by atoms with Crippen molar-refractivity contribution in [3.63, 3.8) is 0 Å². The molecule has 1 heteroatoms. The fraction of sp³-hybridized carbons (Fsp3) is 1.00. The molecular weight excluding hydrogens is 76.1 g/mol. The quantitative estimate of drug-likeness (QED) is 0.538. The first kappa shape index (κ1) is 4.13. The second-order valence-corrected chi connectivity index (χ2v) is 1.49. The lowest BCUT2D eigenvalue weighted by molar-refractivity contribution is 0.183. The van der Waals surface area contributed by atoms with E-state index in [0.717, 1.165) is 6.42 Å². The molecule has 0 saturated carbocycles. The van der Waals surface area contributed by atoms with Gasteiger partial charge in [0.25, 0.3) is 0 Å². The van der Waals surface area contributed by atoms with E-state index in [1.807, 2.05) is 6.92 Å². The maximum Gasteiger partial charge on any atom is 0.0597 e. The summed E-state index contributed by atoms with van der Waals surface area (Å²) in [5.74, 6) is 0. The summed E-state index contributed by atoms with van der Waals surface area (Å²) in [5.41, 5.74) is 0. The van der Waals surface area contributed by atoms with Crippen LogP contribution >= 0.6 is 0 Å². The van der Waals surface area contributed by atoms with Gasteiger partial charge in [-0.3, -0.25) is 0 Å². The first-order valence-corrected chi connectivity index (χ1v) is 2.28. The van der Waals surface area contributed by atoms with Crippen LogP contribution in [0.2, 0.25) is 0 Å². The fourth-order valence-electron chi connectivity index (χ4n) is 0.362. The van der Waals surface area contributed by atoms with E-state index in [4.69, 9.17) is 6.48 Å². The summed E-state index contributed by atoms with van der Waals surface area (Å²) in [4.78, 5) is 0. The van der Waals surface area contributed by atoms with Crippen molar-refractivity contribution in [2.75, 3.05) is 0 Å². The number of aliphatic hydroxyl groups is 1. The minimum absolute atomic E-state index is 0.562. The molecule has 0 spiro atoms. The molecule has 1 N–H and O–H groups in total. The molecule has 6 heavy (non-hydrogen) atoms. The molecule has 0 amide bonds. The van der Waals surface area contributed by atoms with Crippen LogP contribution in [0.5, 0.6) is 0 Å².